The van der Waals surface area contributed by atoms with Crippen LogP contribution in [0.1, 0.15) is 32.4 Å². The SMILES string of the molecule is CC1CC(O)(Cc2cn3ccsc3n2)CC(C)O1. The molecule has 5 heteroatoms. The maximum absolute atomic E-state index is 10.7. The fourth-order valence-electron chi connectivity index (χ4n) is 2.99. The van der Waals surface area contributed by atoms with E-state index in [2.05, 4.69) is 4.98 Å². The molecule has 2 aromatic heterocycles. The van der Waals surface area contributed by atoms with E-state index in [1.54, 1.807) is 11.3 Å². The van der Waals surface area contributed by atoms with E-state index in [4.69, 9.17) is 4.74 Å². The molecule has 0 amide bonds. The second-order valence-electron chi connectivity index (χ2n) is 5.39. The van der Waals surface area contributed by atoms with Crippen molar-refractivity contribution in [2.45, 2.75) is 50.9 Å². The van der Waals surface area contributed by atoms with Gasteiger partial charge in [-0.3, -0.25) is 4.40 Å². The van der Waals surface area contributed by atoms with Crippen molar-refractivity contribution in [2.24, 2.45) is 0 Å². The fraction of sp³-hybridized carbons (Fsp3) is 0.615. The van der Waals surface area contributed by atoms with E-state index < -0.39 is 5.60 Å². The highest BCUT2D eigenvalue weighted by atomic mass is 32.1. The molecule has 2 aromatic rings. The van der Waals surface area contributed by atoms with Crippen molar-refractivity contribution in [3.8, 4) is 0 Å². The Labute approximate surface area is 110 Å². The van der Waals surface area contributed by atoms with Gasteiger partial charge in [-0.15, -0.1) is 11.3 Å². The van der Waals surface area contributed by atoms with E-state index in [1.807, 2.05) is 36.0 Å². The number of nitrogens with zero attached hydrogens (tertiary/aromatic N) is 2. The number of imidazole rings is 1. The second kappa shape index (κ2) is 4.33. The van der Waals surface area contributed by atoms with Crippen molar-refractivity contribution in [3.05, 3.63) is 23.5 Å². The van der Waals surface area contributed by atoms with Crippen LogP contribution in [0.2, 0.25) is 0 Å². The Bertz CT molecular complexity index is 509. The molecule has 1 aliphatic rings. The molecule has 4 nitrogen and oxygen atoms in total. The maximum atomic E-state index is 10.7. The van der Waals surface area contributed by atoms with E-state index >= 15 is 0 Å². The van der Waals surface area contributed by atoms with Gasteiger partial charge in [0.1, 0.15) is 0 Å². The summed E-state index contributed by atoms with van der Waals surface area (Å²) < 4.78 is 7.69. The Hall–Kier alpha value is -0.910. The number of aromatic nitrogens is 2. The molecule has 3 rings (SSSR count). The average Bonchev–Trinajstić information content (AvgIpc) is 2.73. The molecule has 1 aliphatic heterocycles. The number of thiazole rings is 1. The molecular weight excluding hydrogens is 248 g/mol. The molecule has 1 fully saturated rings. The molecule has 0 aromatic carbocycles. The number of hydrogen-bond acceptors (Lipinski definition) is 4. The minimum atomic E-state index is -0.679. The molecule has 2 unspecified atom stereocenters. The van der Waals surface area contributed by atoms with Gasteiger partial charge < -0.3 is 9.84 Å². The maximum Gasteiger partial charge on any atom is 0.193 e. The average molecular weight is 266 g/mol. The van der Waals surface area contributed by atoms with Crippen LogP contribution in [-0.4, -0.2) is 32.3 Å². The molecule has 0 spiro atoms. The largest absolute Gasteiger partial charge is 0.389 e. The highest BCUT2D eigenvalue weighted by molar-refractivity contribution is 7.15. The Morgan fingerprint density at radius 2 is 2.22 bits per heavy atom. The molecule has 1 N–H and O–H groups in total. The van der Waals surface area contributed by atoms with Crippen LogP contribution in [0.5, 0.6) is 0 Å². The number of aliphatic hydroxyl groups is 1. The molecule has 1 saturated heterocycles. The van der Waals surface area contributed by atoms with Gasteiger partial charge in [0, 0.05) is 37.0 Å². The standard InChI is InChI=1S/C13H18N2O2S/c1-9-5-13(16,6-10(2)17-9)7-11-8-15-3-4-18-12(15)14-11/h3-4,8-10,16H,5-7H2,1-2H3. The molecule has 98 valence electrons. The lowest BCUT2D eigenvalue weighted by Gasteiger charge is -2.38. The van der Waals surface area contributed by atoms with Crippen molar-refractivity contribution >= 4 is 16.3 Å². The topological polar surface area (TPSA) is 46.8 Å². The number of fused-ring (bicyclic) bond motifs is 1. The summed E-state index contributed by atoms with van der Waals surface area (Å²) in [5.74, 6) is 0. The van der Waals surface area contributed by atoms with E-state index in [-0.39, 0.29) is 12.2 Å². The van der Waals surface area contributed by atoms with Gasteiger partial charge in [0.2, 0.25) is 0 Å². The lowest BCUT2D eigenvalue weighted by atomic mass is 9.84. The highest BCUT2D eigenvalue weighted by Gasteiger charge is 2.37. The van der Waals surface area contributed by atoms with E-state index in [0.717, 1.165) is 10.7 Å². The molecule has 18 heavy (non-hydrogen) atoms. The lowest BCUT2D eigenvalue weighted by molar-refractivity contribution is -0.131. The van der Waals surface area contributed by atoms with Gasteiger partial charge in [0.25, 0.3) is 0 Å². The van der Waals surface area contributed by atoms with E-state index in [1.165, 1.54) is 0 Å². The molecule has 0 aliphatic carbocycles. The molecule has 3 heterocycles. The first-order valence-corrected chi connectivity index (χ1v) is 7.21. The summed E-state index contributed by atoms with van der Waals surface area (Å²) in [5.41, 5.74) is 0.284. The summed E-state index contributed by atoms with van der Waals surface area (Å²) in [4.78, 5) is 5.53. The summed E-state index contributed by atoms with van der Waals surface area (Å²) in [7, 11) is 0. The monoisotopic (exact) mass is 266 g/mol. The summed E-state index contributed by atoms with van der Waals surface area (Å²) in [6, 6.07) is 0. The van der Waals surface area contributed by atoms with Gasteiger partial charge in [-0.2, -0.15) is 0 Å². The minimum absolute atomic E-state index is 0.113. The molecule has 0 bridgehead atoms. The third-order valence-electron chi connectivity index (χ3n) is 3.45. The Kier molecular flexibility index (Phi) is 2.92. The predicted octanol–water partition coefficient (Wildman–Crippen LogP) is 2.26. The summed E-state index contributed by atoms with van der Waals surface area (Å²) in [5, 5.41) is 12.7. The first kappa shape index (κ1) is 12.1. The van der Waals surface area contributed by atoms with Crippen molar-refractivity contribution in [1.29, 1.82) is 0 Å². The van der Waals surface area contributed by atoms with Gasteiger partial charge in [-0.25, -0.2) is 4.98 Å². The van der Waals surface area contributed by atoms with Gasteiger partial charge in [0.15, 0.2) is 4.96 Å². The van der Waals surface area contributed by atoms with Crippen molar-refractivity contribution < 1.29 is 9.84 Å². The first-order valence-electron chi connectivity index (χ1n) is 6.33. The smallest absolute Gasteiger partial charge is 0.193 e. The highest BCUT2D eigenvalue weighted by Crippen LogP contribution is 2.31. The zero-order valence-electron chi connectivity index (χ0n) is 10.7. The van der Waals surface area contributed by atoms with Crippen LogP contribution in [0.15, 0.2) is 17.8 Å². The van der Waals surface area contributed by atoms with Crippen molar-refractivity contribution in [1.82, 2.24) is 9.38 Å². The van der Waals surface area contributed by atoms with Gasteiger partial charge in [0.05, 0.1) is 23.5 Å². The number of rotatable bonds is 2. The van der Waals surface area contributed by atoms with Crippen LogP contribution in [-0.2, 0) is 11.2 Å². The zero-order chi connectivity index (χ0) is 12.8. The van der Waals surface area contributed by atoms with Crippen LogP contribution in [0.25, 0.3) is 4.96 Å². The summed E-state index contributed by atoms with van der Waals surface area (Å²) in [6.45, 7) is 4.04. The molecule has 2 atom stereocenters. The Morgan fingerprint density at radius 3 is 2.89 bits per heavy atom. The number of ether oxygens (including phenoxy) is 1. The molecule has 0 radical (unpaired) electrons. The fourth-order valence-corrected chi connectivity index (χ4v) is 3.71. The normalized spacial score (nSPS) is 33.1. The number of hydrogen-bond donors (Lipinski definition) is 1. The summed E-state index contributed by atoms with van der Waals surface area (Å²) in [6.07, 6.45) is 6.21. The van der Waals surface area contributed by atoms with Crippen LogP contribution >= 0.6 is 11.3 Å². The quantitative estimate of drug-likeness (QED) is 0.907. The Balaban J connectivity index is 1.80. The Morgan fingerprint density at radius 1 is 1.50 bits per heavy atom. The zero-order valence-corrected chi connectivity index (χ0v) is 11.5. The van der Waals surface area contributed by atoms with Crippen molar-refractivity contribution in [2.75, 3.05) is 0 Å². The van der Waals surface area contributed by atoms with Crippen LogP contribution in [0.4, 0.5) is 0 Å². The van der Waals surface area contributed by atoms with Gasteiger partial charge in [-0.1, -0.05) is 0 Å². The van der Waals surface area contributed by atoms with E-state index in [9.17, 15) is 5.11 Å². The molecule has 0 saturated carbocycles. The summed E-state index contributed by atoms with van der Waals surface area (Å²) >= 11 is 1.62. The van der Waals surface area contributed by atoms with Gasteiger partial charge >= 0.3 is 0 Å². The lowest BCUT2D eigenvalue weighted by Crippen LogP contribution is -2.44. The van der Waals surface area contributed by atoms with Crippen LogP contribution in [0, 0.1) is 0 Å². The first-order chi connectivity index (χ1) is 8.54. The predicted molar refractivity (Wildman–Crippen MR) is 71.0 cm³/mol. The minimum Gasteiger partial charge on any atom is -0.389 e. The molecular formula is C13H18N2O2S. The van der Waals surface area contributed by atoms with Gasteiger partial charge in [-0.05, 0) is 13.8 Å². The third-order valence-corrected chi connectivity index (χ3v) is 4.22. The second-order valence-corrected chi connectivity index (χ2v) is 6.26. The third kappa shape index (κ3) is 2.30. The van der Waals surface area contributed by atoms with Crippen molar-refractivity contribution in [3.63, 3.8) is 0 Å². The van der Waals surface area contributed by atoms with E-state index in [0.29, 0.717) is 19.3 Å². The van der Waals surface area contributed by atoms with Crippen LogP contribution in [0.3, 0.4) is 0 Å². The van der Waals surface area contributed by atoms with Crippen LogP contribution < -0.4 is 0 Å².